The van der Waals surface area contributed by atoms with Gasteiger partial charge >= 0.3 is 0 Å². The maximum absolute atomic E-state index is 10.8. The molecule has 5 heteroatoms. The van der Waals surface area contributed by atoms with Gasteiger partial charge < -0.3 is 5.32 Å². The smallest absolute Gasteiger partial charge is 0.292 e. The largest absolute Gasteiger partial charge is 0.383 e. The van der Waals surface area contributed by atoms with E-state index >= 15 is 0 Å². The molecule has 86 valence electrons. The van der Waals surface area contributed by atoms with Gasteiger partial charge in [0.25, 0.3) is 5.69 Å². The second-order valence-electron chi connectivity index (χ2n) is 3.16. The van der Waals surface area contributed by atoms with Crippen molar-refractivity contribution in [3.63, 3.8) is 0 Å². The summed E-state index contributed by atoms with van der Waals surface area (Å²) in [5, 5.41) is 13.6. The lowest BCUT2D eigenvalue weighted by Crippen LogP contribution is -1.96. The summed E-state index contributed by atoms with van der Waals surface area (Å²) < 4.78 is 0. The molecule has 0 unspecified atom stereocenters. The van der Waals surface area contributed by atoms with Crippen LogP contribution in [0.2, 0.25) is 0 Å². The van der Waals surface area contributed by atoms with Gasteiger partial charge in [0, 0.05) is 19.0 Å². The number of nitro groups is 1. The molecule has 0 fully saturated rings. The van der Waals surface area contributed by atoms with Crippen LogP contribution in [0.3, 0.4) is 0 Å². The van der Waals surface area contributed by atoms with E-state index in [0.717, 1.165) is 12.0 Å². The average molecular weight is 241 g/mol. The summed E-state index contributed by atoms with van der Waals surface area (Å²) in [5.74, 6) is 0.549. The molecule has 0 heterocycles. The number of nitrogens with zero attached hydrogens (tertiary/aromatic N) is 1. The van der Waals surface area contributed by atoms with Crippen LogP contribution in [0.25, 0.3) is 6.08 Å². The van der Waals surface area contributed by atoms with Crippen molar-refractivity contribution < 1.29 is 4.92 Å². The summed E-state index contributed by atoms with van der Waals surface area (Å²) >= 11 is 5.53. The fourth-order valence-electron chi connectivity index (χ4n) is 1.30. The lowest BCUT2D eigenvalue weighted by molar-refractivity contribution is -0.383. The Morgan fingerprint density at radius 3 is 2.88 bits per heavy atom. The quantitative estimate of drug-likeness (QED) is 0.488. The minimum absolute atomic E-state index is 0.0792. The number of hydrogen-bond donors (Lipinski definition) is 1. The fraction of sp³-hybridized carbons (Fsp3) is 0.273. The Kier molecular flexibility index (Phi) is 4.79. The van der Waals surface area contributed by atoms with Crippen LogP contribution >= 0.6 is 11.6 Å². The molecule has 0 aromatic heterocycles. The van der Waals surface area contributed by atoms with Gasteiger partial charge in [-0.05, 0) is 18.1 Å². The summed E-state index contributed by atoms with van der Waals surface area (Å²) in [6.45, 7) is 0. The molecule has 1 N–H and O–H groups in total. The Bertz CT molecular complexity index is 405. The van der Waals surface area contributed by atoms with E-state index in [1.165, 1.54) is 6.07 Å². The second-order valence-corrected chi connectivity index (χ2v) is 3.54. The number of rotatable bonds is 5. The molecule has 1 aromatic carbocycles. The van der Waals surface area contributed by atoms with Gasteiger partial charge in [-0.1, -0.05) is 18.2 Å². The van der Waals surface area contributed by atoms with Crippen LogP contribution in [0.1, 0.15) is 12.0 Å². The highest BCUT2D eigenvalue weighted by Gasteiger charge is 2.12. The highest BCUT2D eigenvalue weighted by molar-refractivity contribution is 6.17. The first kappa shape index (κ1) is 12.5. The normalized spacial score (nSPS) is 10.6. The monoisotopic (exact) mass is 240 g/mol. The highest BCUT2D eigenvalue weighted by Crippen LogP contribution is 2.25. The molecule has 0 bridgehead atoms. The molecule has 0 aliphatic heterocycles. The summed E-state index contributed by atoms with van der Waals surface area (Å²) in [6, 6.07) is 5.05. The van der Waals surface area contributed by atoms with E-state index < -0.39 is 4.92 Å². The molecule has 4 nitrogen and oxygen atoms in total. The number of hydrogen-bond acceptors (Lipinski definition) is 3. The number of anilines is 1. The number of nitro benzene ring substituents is 1. The first-order valence-corrected chi connectivity index (χ1v) is 5.41. The molecule has 0 spiro atoms. The third-order valence-corrected chi connectivity index (χ3v) is 2.29. The second kappa shape index (κ2) is 6.12. The van der Waals surface area contributed by atoms with E-state index in [4.69, 9.17) is 11.6 Å². The van der Waals surface area contributed by atoms with Gasteiger partial charge in [0.05, 0.1) is 4.92 Å². The number of halogens is 1. The molecule has 0 aliphatic rings. The molecule has 0 aliphatic carbocycles. The highest BCUT2D eigenvalue weighted by atomic mass is 35.5. The number of nitrogens with one attached hydrogen (secondary N) is 1. The molecule has 0 amide bonds. The Labute approximate surface area is 99.1 Å². The van der Waals surface area contributed by atoms with Crippen LogP contribution in [0.5, 0.6) is 0 Å². The summed E-state index contributed by atoms with van der Waals surface area (Å²) in [5.41, 5.74) is 1.39. The standard InChI is InChI=1S/C11H13ClN2O2/c1-13-10-6-5-9(4-2-3-7-12)8-11(10)14(15)16/h2,4-6,8,13H,3,7H2,1H3. The van der Waals surface area contributed by atoms with Crippen molar-refractivity contribution in [2.75, 3.05) is 18.2 Å². The number of alkyl halides is 1. The van der Waals surface area contributed by atoms with Crippen molar-refractivity contribution >= 4 is 29.1 Å². The van der Waals surface area contributed by atoms with Gasteiger partial charge in [-0.25, -0.2) is 0 Å². The lowest BCUT2D eigenvalue weighted by atomic mass is 10.1. The molecule has 0 radical (unpaired) electrons. The SMILES string of the molecule is CNc1ccc(C=CCCCl)cc1[N+](=O)[O-]. The van der Waals surface area contributed by atoms with E-state index in [9.17, 15) is 10.1 Å². The zero-order valence-corrected chi connectivity index (χ0v) is 9.70. The Hall–Kier alpha value is -1.55. The van der Waals surface area contributed by atoms with Crippen LogP contribution < -0.4 is 5.32 Å². The minimum atomic E-state index is -0.398. The maximum Gasteiger partial charge on any atom is 0.292 e. The molecule has 0 atom stereocenters. The molecule has 0 saturated heterocycles. The number of allylic oxidation sites excluding steroid dienone is 1. The summed E-state index contributed by atoms with van der Waals surface area (Å²) in [6.07, 6.45) is 4.48. The van der Waals surface area contributed by atoms with Crippen LogP contribution in [0.15, 0.2) is 24.3 Å². The van der Waals surface area contributed by atoms with Gasteiger partial charge in [-0.15, -0.1) is 11.6 Å². The van der Waals surface area contributed by atoms with Crippen LogP contribution in [0.4, 0.5) is 11.4 Å². The molecular formula is C11H13ClN2O2. The predicted octanol–water partition coefficient (Wildman–Crippen LogP) is 3.28. The molecule has 0 saturated carbocycles. The summed E-state index contributed by atoms with van der Waals surface area (Å²) in [4.78, 5) is 10.4. The van der Waals surface area contributed by atoms with Gasteiger partial charge in [0.2, 0.25) is 0 Å². The summed E-state index contributed by atoms with van der Waals surface area (Å²) in [7, 11) is 1.66. The van der Waals surface area contributed by atoms with Crippen molar-refractivity contribution in [1.82, 2.24) is 0 Å². The average Bonchev–Trinajstić information content (AvgIpc) is 2.29. The van der Waals surface area contributed by atoms with Crippen molar-refractivity contribution in [1.29, 1.82) is 0 Å². The molecule has 16 heavy (non-hydrogen) atoms. The topological polar surface area (TPSA) is 55.2 Å². The van der Waals surface area contributed by atoms with Crippen LogP contribution in [-0.4, -0.2) is 17.9 Å². The van der Waals surface area contributed by atoms with E-state index in [2.05, 4.69) is 5.32 Å². The first-order chi connectivity index (χ1) is 7.69. The van der Waals surface area contributed by atoms with Crippen LogP contribution in [0, 0.1) is 10.1 Å². The minimum Gasteiger partial charge on any atom is -0.383 e. The zero-order valence-electron chi connectivity index (χ0n) is 8.94. The molecule has 1 aromatic rings. The van der Waals surface area contributed by atoms with Crippen LogP contribution in [-0.2, 0) is 0 Å². The zero-order chi connectivity index (χ0) is 12.0. The van der Waals surface area contributed by atoms with Gasteiger partial charge in [0.15, 0.2) is 0 Å². The Morgan fingerprint density at radius 2 is 2.31 bits per heavy atom. The van der Waals surface area contributed by atoms with Crippen molar-refractivity contribution in [3.8, 4) is 0 Å². The molecule has 1 rings (SSSR count). The van der Waals surface area contributed by atoms with Crippen molar-refractivity contribution in [3.05, 3.63) is 40.0 Å². The van der Waals surface area contributed by atoms with Crippen molar-refractivity contribution in [2.45, 2.75) is 6.42 Å². The number of benzene rings is 1. The van der Waals surface area contributed by atoms with Gasteiger partial charge in [0.1, 0.15) is 5.69 Å². The van der Waals surface area contributed by atoms with Gasteiger partial charge in [-0.3, -0.25) is 10.1 Å². The van der Waals surface area contributed by atoms with E-state index in [-0.39, 0.29) is 5.69 Å². The Balaban J connectivity index is 2.98. The Morgan fingerprint density at radius 1 is 1.56 bits per heavy atom. The lowest BCUT2D eigenvalue weighted by Gasteiger charge is -2.02. The maximum atomic E-state index is 10.8. The third kappa shape index (κ3) is 3.24. The molecular weight excluding hydrogens is 228 g/mol. The first-order valence-electron chi connectivity index (χ1n) is 4.87. The van der Waals surface area contributed by atoms with E-state index in [0.29, 0.717) is 11.6 Å². The fourth-order valence-corrected chi connectivity index (χ4v) is 1.42. The van der Waals surface area contributed by atoms with E-state index in [1.54, 1.807) is 13.1 Å². The van der Waals surface area contributed by atoms with E-state index in [1.807, 2.05) is 18.2 Å². The predicted molar refractivity (Wildman–Crippen MR) is 67.0 cm³/mol. The van der Waals surface area contributed by atoms with Gasteiger partial charge in [-0.2, -0.15) is 0 Å². The van der Waals surface area contributed by atoms with Crippen molar-refractivity contribution in [2.24, 2.45) is 0 Å². The third-order valence-electron chi connectivity index (χ3n) is 2.07.